The Hall–Kier alpha value is -3.47. The van der Waals surface area contributed by atoms with Crippen molar-refractivity contribution in [2.45, 2.75) is 58.7 Å². The average Bonchev–Trinajstić information content (AvgIpc) is 3.24. The van der Waals surface area contributed by atoms with E-state index in [1.165, 1.54) is 35.9 Å². The number of aryl methyl sites for hydroxylation is 1. The Kier molecular flexibility index (Phi) is 8.34. The third-order valence-corrected chi connectivity index (χ3v) is 6.69. The van der Waals surface area contributed by atoms with Gasteiger partial charge in [-0.05, 0) is 42.2 Å². The summed E-state index contributed by atoms with van der Waals surface area (Å²) in [5.74, 6) is -1.40. The predicted octanol–water partition coefficient (Wildman–Crippen LogP) is 5.56. The highest BCUT2D eigenvalue weighted by atomic mass is 32.1. The van der Waals surface area contributed by atoms with Crippen LogP contribution in [-0.4, -0.2) is 21.4 Å². The summed E-state index contributed by atoms with van der Waals surface area (Å²) in [4.78, 5) is 35.0. The summed E-state index contributed by atoms with van der Waals surface area (Å²) in [6, 6.07) is 5.62. The molecule has 2 heterocycles. The molecular formula is C25H28F3N5O2S. The second-order valence-corrected chi connectivity index (χ2v) is 10.2. The molecule has 0 unspecified atom stereocenters. The number of carbonyl (C=O) groups is 2. The van der Waals surface area contributed by atoms with Crippen molar-refractivity contribution in [3.63, 3.8) is 0 Å². The zero-order chi connectivity index (χ0) is 26.5. The first-order valence-electron chi connectivity index (χ1n) is 11.4. The number of hydrogen-bond donors (Lipinski definition) is 2. The molecular weight excluding hydrogens is 491 g/mol. The molecule has 11 heteroatoms. The lowest BCUT2D eigenvalue weighted by atomic mass is 9.95. The zero-order valence-electron chi connectivity index (χ0n) is 20.4. The van der Waals surface area contributed by atoms with E-state index in [1.54, 1.807) is 0 Å². The second kappa shape index (κ2) is 11.1. The summed E-state index contributed by atoms with van der Waals surface area (Å²) in [7, 11) is 0. The minimum atomic E-state index is -4.66. The Balaban J connectivity index is 2.01. The molecule has 0 spiro atoms. The normalized spacial score (nSPS) is 12.5. The molecule has 0 aliphatic carbocycles. The van der Waals surface area contributed by atoms with Gasteiger partial charge in [-0.1, -0.05) is 34.1 Å². The van der Waals surface area contributed by atoms with Gasteiger partial charge in [-0.3, -0.25) is 25.4 Å². The molecule has 2 amide bonds. The fourth-order valence-corrected chi connectivity index (χ4v) is 4.23. The van der Waals surface area contributed by atoms with Crippen LogP contribution in [0.15, 0.2) is 53.9 Å². The van der Waals surface area contributed by atoms with E-state index < -0.39 is 23.6 Å². The molecule has 3 aromatic rings. The Morgan fingerprint density at radius 3 is 2.42 bits per heavy atom. The third kappa shape index (κ3) is 6.81. The quantitative estimate of drug-likeness (QED) is 0.400. The number of carbonyl (C=O) groups excluding carboxylic acids is 2. The number of aromatic nitrogens is 2. The van der Waals surface area contributed by atoms with E-state index in [0.29, 0.717) is 11.3 Å². The van der Waals surface area contributed by atoms with E-state index in [9.17, 15) is 22.8 Å². The van der Waals surface area contributed by atoms with E-state index in [-0.39, 0.29) is 22.2 Å². The molecule has 1 aromatic carbocycles. The summed E-state index contributed by atoms with van der Waals surface area (Å²) < 4.78 is 42.1. The molecule has 0 saturated heterocycles. The summed E-state index contributed by atoms with van der Waals surface area (Å²) in [5.41, 5.74) is 3.75. The molecule has 0 aliphatic rings. The van der Waals surface area contributed by atoms with Crippen molar-refractivity contribution < 1.29 is 22.8 Å². The molecule has 7 nitrogen and oxygen atoms in total. The molecule has 192 valence electrons. The van der Waals surface area contributed by atoms with Gasteiger partial charge in [-0.15, -0.1) is 11.3 Å². The first-order valence-corrected chi connectivity index (χ1v) is 12.2. The van der Waals surface area contributed by atoms with Crippen LogP contribution in [0.1, 0.15) is 71.7 Å². The van der Waals surface area contributed by atoms with Gasteiger partial charge < -0.3 is 4.57 Å². The number of nitrogens with zero attached hydrogens (tertiary/aromatic N) is 3. The number of rotatable bonds is 7. The van der Waals surface area contributed by atoms with Crippen LogP contribution in [0, 0.1) is 0 Å². The van der Waals surface area contributed by atoms with Gasteiger partial charge in [0.2, 0.25) is 0 Å². The largest absolute Gasteiger partial charge is 0.416 e. The van der Waals surface area contributed by atoms with Crippen molar-refractivity contribution >= 4 is 28.8 Å². The summed E-state index contributed by atoms with van der Waals surface area (Å²) >= 11 is 1.33. The number of pyridine rings is 1. The number of anilines is 1. The molecule has 36 heavy (non-hydrogen) atoms. The fourth-order valence-electron chi connectivity index (χ4n) is 3.16. The van der Waals surface area contributed by atoms with Crippen molar-refractivity contribution in [1.29, 1.82) is 0 Å². The van der Waals surface area contributed by atoms with Crippen LogP contribution < -0.4 is 15.7 Å². The van der Waals surface area contributed by atoms with Crippen LogP contribution in [-0.2, 0) is 18.1 Å². The number of hydrazine groups is 1. The number of unbranched alkanes of at least 4 members (excludes halogenated alkanes) is 1. The topological polar surface area (TPSA) is 88.4 Å². The van der Waals surface area contributed by atoms with Gasteiger partial charge in [-0.25, -0.2) is 0 Å². The maximum Gasteiger partial charge on any atom is 0.416 e. The lowest BCUT2D eigenvalue weighted by Crippen LogP contribution is -2.30. The Morgan fingerprint density at radius 2 is 1.81 bits per heavy atom. The summed E-state index contributed by atoms with van der Waals surface area (Å²) in [5, 5.41) is 0. The van der Waals surface area contributed by atoms with Crippen molar-refractivity contribution in [3.8, 4) is 0 Å². The van der Waals surface area contributed by atoms with Crippen molar-refractivity contribution in [1.82, 2.24) is 15.0 Å². The lowest BCUT2D eigenvalue weighted by Gasteiger charge is -2.14. The maximum atomic E-state index is 13.4. The number of alkyl halides is 3. The molecule has 0 radical (unpaired) electrons. The lowest BCUT2D eigenvalue weighted by molar-refractivity contribution is -0.137. The highest BCUT2D eigenvalue weighted by Crippen LogP contribution is 2.32. The number of halogens is 3. The number of amides is 2. The predicted molar refractivity (Wildman–Crippen MR) is 133 cm³/mol. The first kappa shape index (κ1) is 27.1. The Labute approximate surface area is 211 Å². The SMILES string of the molecule is CCCCn1cc(C(C)(C)C)sc1=NC(=O)c1cc(C(F)(F)F)ccc1NNC(=O)c1ccncc1. The Bertz CT molecular complexity index is 1290. The van der Waals surface area contributed by atoms with E-state index in [0.717, 1.165) is 35.9 Å². The number of benzene rings is 1. The van der Waals surface area contributed by atoms with E-state index in [4.69, 9.17) is 0 Å². The van der Waals surface area contributed by atoms with E-state index in [1.807, 2.05) is 38.5 Å². The van der Waals surface area contributed by atoms with E-state index in [2.05, 4.69) is 20.8 Å². The fraction of sp³-hybridized carbons (Fsp3) is 0.360. The minimum Gasteiger partial charge on any atom is -0.323 e. The maximum absolute atomic E-state index is 13.4. The van der Waals surface area contributed by atoms with Crippen LogP contribution in [0.4, 0.5) is 18.9 Å². The van der Waals surface area contributed by atoms with Crippen LogP contribution in [0.3, 0.4) is 0 Å². The first-order chi connectivity index (χ1) is 16.9. The number of hydrogen-bond acceptors (Lipinski definition) is 5. The van der Waals surface area contributed by atoms with Crippen LogP contribution in [0.25, 0.3) is 0 Å². The van der Waals surface area contributed by atoms with Gasteiger partial charge >= 0.3 is 6.18 Å². The van der Waals surface area contributed by atoms with Gasteiger partial charge in [0.05, 0.1) is 16.8 Å². The molecule has 0 saturated carbocycles. The Morgan fingerprint density at radius 1 is 1.11 bits per heavy atom. The van der Waals surface area contributed by atoms with Crippen LogP contribution in [0.5, 0.6) is 0 Å². The molecule has 0 atom stereocenters. The smallest absolute Gasteiger partial charge is 0.323 e. The van der Waals surface area contributed by atoms with Crippen molar-refractivity contribution in [2.24, 2.45) is 4.99 Å². The number of thiazole rings is 1. The van der Waals surface area contributed by atoms with Gasteiger partial charge in [0.25, 0.3) is 11.8 Å². The highest BCUT2D eigenvalue weighted by molar-refractivity contribution is 7.09. The van der Waals surface area contributed by atoms with Crippen LogP contribution >= 0.6 is 11.3 Å². The second-order valence-electron chi connectivity index (χ2n) is 9.17. The molecule has 3 rings (SSSR count). The van der Waals surface area contributed by atoms with Gasteiger partial charge in [-0.2, -0.15) is 18.2 Å². The van der Waals surface area contributed by atoms with E-state index >= 15 is 0 Å². The van der Waals surface area contributed by atoms with Crippen molar-refractivity contribution in [3.05, 3.63) is 75.3 Å². The minimum absolute atomic E-state index is 0.00753. The van der Waals surface area contributed by atoms with Crippen molar-refractivity contribution in [2.75, 3.05) is 5.43 Å². The van der Waals surface area contributed by atoms with Gasteiger partial charge in [0.1, 0.15) is 0 Å². The average molecular weight is 520 g/mol. The van der Waals surface area contributed by atoms with Crippen LogP contribution in [0.2, 0.25) is 0 Å². The molecule has 2 N–H and O–H groups in total. The van der Waals surface area contributed by atoms with Gasteiger partial charge in [0, 0.05) is 35.6 Å². The monoisotopic (exact) mass is 519 g/mol. The molecule has 0 bridgehead atoms. The standard InChI is InChI=1S/C25H28F3N5O2S/c1-5-6-13-33-15-20(24(2,3)4)36-23(33)30-22(35)18-14-17(25(26,27)28)7-8-19(18)31-32-21(34)16-9-11-29-12-10-16/h7-12,14-15,31H,5-6,13H2,1-4H3,(H,32,34). The number of nitrogens with one attached hydrogen (secondary N) is 2. The molecule has 0 fully saturated rings. The van der Waals surface area contributed by atoms with Gasteiger partial charge in [0.15, 0.2) is 4.80 Å². The summed E-state index contributed by atoms with van der Waals surface area (Å²) in [6.45, 7) is 8.78. The summed E-state index contributed by atoms with van der Waals surface area (Å²) in [6.07, 6.45) is 1.94. The molecule has 0 aliphatic heterocycles. The highest BCUT2D eigenvalue weighted by Gasteiger charge is 2.32. The molecule has 2 aromatic heterocycles. The third-order valence-electron chi connectivity index (χ3n) is 5.24. The zero-order valence-corrected chi connectivity index (χ0v) is 21.3.